The SMILES string of the molecule is O=C(Nc1cc2cc(N=Nc3c(S(=O)(=O)O)cc4ccccc4c3O)ccc2cc1S(=O)(=O)O)Nc1cc2cc(N=Nc3c(S(=O)(=O)O)cc4ccccc4c3O)ccc2cc1S(=O)(=O)O.[Na+]. The summed E-state index contributed by atoms with van der Waals surface area (Å²) in [5.41, 5.74) is -2.29. The second-order valence-electron chi connectivity index (χ2n) is 14.2. The molecule has 8 aromatic carbocycles. The van der Waals surface area contributed by atoms with Crippen LogP contribution in [0, 0.1) is 0 Å². The first-order valence-electron chi connectivity index (χ1n) is 18.4. The number of rotatable bonds is 10. The Morgan fingerprint density at radius 2 is 0.746 bits per heavy atom. The summed E-state index contributed by atoms with van der Waals surface area (Å²) in [5, 5.41) is 43.5. The summed E-state index contributed by atoms with van der Waals surface area (Å²) in [5.74, 6) is -1.21. The third-order valence-corrected chi connectivity index (χ3v) is 13.4. The average Bonchev–Trinajstić information content (AvgIpc) is 3.23. The van der Waals surface area contributed by atoms with Gasteiger partial charge in [-0.2, -0.15) is 43.9 Å². The van der Waals surface area contributed by atoms with Gasteiger partial charge in [-0.3, -0.25) is 18.2 Å². The number of carbonyl (C=O) groups excluding carboxylic acids is 1. The van der Waals surface area contributed by atoms with Crippen molar-refractivity contribution in [2.45, 2.75) is 19.6 Å². The Morgan fingerprint density at radius 1 is 0.403 bits per heavy atom. The number of azo groups is 2. The van der Waals surface area contributed by atoms with Crippen molar-refractivity contribution in [1.29, 1.82) is 0 Å². The van der Waals surface area contributed by atoms with Crippen LogP contribution in [0.5, 0.6) is 11.5 Å². The molecule has 0 radical (unpaired) electrons. The molecule has 0 bridgehead atoms. The monoisotopic (exact) mass is 995 g/mol. The van der Waals surface area contributed by atoms with Gasteiger partial charge in [0.25, 0.3) is 40.5 Å². The molecular formula is C41H28N6NaO15S4+. The van der Waals surface area contributed by atoms with E-state index >= 15 is 0 Å². The van der Waals surface area contributed by atoms with Crippen molar-refractivity contribution in [2.24, 2.45) is 20.5 Å². The molecule has 0 unspecified atom stereocenters. The fourth-order valence-corrected chi connectivity index (χ4v) is 9.58. The molecule has 0 heterocycles. The number of benzene rings is 8. The van der Waals surface area contributed by atoms with Gasteiger partial charge in [-0.25, -0.2) is 4.79 Å². The number of anilines is 2. The van der Waals surface area contributed by atoms with E-state index < -0.39 is 100 Å². The van der Waals surface area contributed by atoms with Crippen LogP contribution >= 0.6 is 0 Å². The van der Waals surface area contributed by atoms with Crippen molar-refractivity contribution in [2.75, 3.05) is 10.6 Å². The molecule has 67 heavy (non-hydrogen) atoms. The maximum Gasteiger partial charge on any atom is 1.00 e. The van der Waals surface area contributed by atoms with Crippen molar-refractivity contribution >= 4 is 124 Å². The van der Waals surface area contributed by atoms with Gasteiger partial charge in [0.2, 0.25) is 0 Å². The number of phenolic OH excluding ortho intramolecular Hbond substituents is 2. The minimum Gasteiger partial charge on any atom is -0.505 e. The van der Waals surface area contributed by atoms with Crippen LogP contribution in [0.15, 0.2) is 161 Å². The zero-order valence-electron chi connectivity index (χ0n) is 33.8. The maximum absolute atomic E-state index is 13.5. The Bertz CT molecular complexity index is 3690. The number of aromatic hydroxyl groups is 2. The Labute approximate surface area is 400 Å². The average molecular weight is 996 g/mol. The van der Waals surface area contributed by atoms with Crippen molar-refractivity contribution < 1.29 is 96.4 Å². The fraction of sp³-hybridized carbons (Fsp3) is 0. The van der Waals surface area contributed by atoms with Crippen molar-refractivity contribution in [3.05, 3.63) is 121 Å². The predicted octanol–water partition coefficient (Wildman–Crippen LogP) is 6.18. The van der Waals surface area contributed by atoms with Crippen LogP contribution < -0.4 is 40.2 Å². The summed E-state index contributed by atoms with van der Waals surface area (Å²) >= 11 is 0. The molecule has 0 saturated heterocycles. The third-order valence-electron chi connectivity index (χ3n) is 9.90. The zero-order valence-corrected chi connectivity index (χ0v) is 39.1. The standard InChI is InChI=1S/C41H28N6O15S4.Na/c48-39-29-7-3-1-5-23(29)19-35(65(57,58)59)37(39)46-44-27-11-9-21-17-33(63(51,52)53)31(15-25(21)13-27)42-41(50)43-32-16-26-14-28(12-10-22(26)18-34(32)64(54,55)56)45-47-38-36(66(60,61)62)20-24-6-2-4-8-30(24)40(38)49;/h1-20,48-49H,(H2,42,43,50)(H,51,52,53)(H,54,55,56)(H,57,58,59)(H,60,61,62);/q;+1. The van der Waals surface area contributed by atoms with Crippen LogP contribution in [0.2, 0.25) is 0 Å². The molecule has 21 nitrogen and oxygen atoms in total. The van der Waals surface area contributed by atoms with Crippen molar-refractivity contribution in [1.82, 2.24) is 0 Å². The number of hydrogen-bond donors (Lipinski definition) is 8. The first-order valence-corrected chi connectivity index (χ1v) is 24.2. The van der Waals surface area contributed by atoms with Crippen LogP contribution in [0.3, 0.4) is 0 Å². The van der Waals surface area contributed by atoms with E-state index in [1.54, 1.807) is 24.3 Å². The summed E-state index contributed by atoms with van der Waals surface area (Å²) in [6.45, 7) is 0. The summed E-state index contributed by atoms with van der Waals surface area (Å²) in [4.78, 5) is 10.4. The molecule has 0 spiro atoms. The van der Waals surface area contributed by atoms with Crippen LogP contribution in [0.1, 0.15) is 0 Å². The first kappa shape index (κ1) is 48.4. The van der Waals surface area contributed by atoms with E-state index in [9.17, 15) is 66.9 Å². The van der Waals surface area contributed by atoms with E-state index in [-0.39, 0.29) is 84.0 Å². The molecule has 0 aliphatic carbocycles. The molecule has 2 amide bonds. The maximum atomic E-state index is 13.5. The topological polar surface area (TPSA) is 349 Å². The number of phenols is 2. The molecular weight excluding hydrogens is 968 g/mol. The Morgan fingerprint density at radius 3 is 1.10 bits per heavy atom. The van der Waals surface area contributed by atoms with Crippen molar-refractivity contribution in [3.63, 3.8) is 0 Å². The summed E-state index contributed by atoms with van der Waals surface area (Å²) in [7, 11) is -20.0. The summed E-state index contributed by atoms with van der Waals surface area (Å²) < 4.78 is 139. The van der Waals surface area contributed by atoms with Gasteiger partial charge in [0, 0.05) is 10.8 Å². The molecule has 0 atom stereocenters. The summed E-state index contributed by atoms with van der Waals surface area (Å²) in [6, 6.07) is 25.2. The van der Waals surface area contributed by atoms with E-state index in [1.807, 2.05) is 0 Å². The minimum absolute atomic E-state index is 0. The smallest absolute Gasteiger partial charge is 0.505 e. The van der Waals surface area contributed by atoms with Gasteiger partial charge in [0.05, 0.1) is 22.7 Å². The number of hydrogen-bond acceptors (Lipinski definition) is 15. The molecule has 336 valence electrons. The Hall–Kier alpha value is -6.49. The second kappa shape index (κ2) is 18.0. The van der Waals surface area contributed by atoms with Crippen LogP contribution in [-0.4, -0.2) is 68.1 Å². The Balaban J connectivity index is 0.00000666. The number of nitrogens with zero attached hydrogens (tertiary/aromatic N) is 4. The number of urea groups is 1. The van der Waals surface area contributed by atoms with Gasteiger partial charge in [0.15, 0.2) is 11.5 Å². The Kier molecular flexibility index (Phi) is 13.0. The number of fused-ring (bicyclic) bond motifs is 4. The van der Waals surface area contributed by atoms with Crippen LogP contribution in [0.4, 0.5) is 38.9 Å². The third kappa shape index (κ3) is 10.1. The molecule has 8 rings (SSSR count). The van der Waals surface area contributed by atoms with E-state index in [2.05, 4.69) is 31.1 Å². The van der Waals surface area contributed by atoms with Gasteiger partial charge in [-0.05, 0) is 93.0 Å². The summed E-state index contributed by atoms with van der Waals surface area (Å²) in [6.07, 6.45) is 0. The zero-order chi connectivity index (χ0) is 47.5. The minimum atomic E-state index is -5.07. The van der Waals surface area contributed by atoms with Gasteiger partial charge >= 0.3 is 35.6 Å². The molecule has 0 saturated carbocycles. The van der Waals surface area contributed by atoms with E-state index in [0.717, 1.165) is 36.4 Å². The van der Waals surface area contributed by atoms with E-state index in [0.29, 0.717) is 0 Å². The fourth-order valence-electron chi connectivity index (χ4n) is 6.94. The van der Waals surface area contributed by atoms with Crippen LogP contribution in [0.25, 0.3) is 43.1 Å². The first-order chi connectivity index (χ1) is 31.0. The normalized spacial score (nSPS) is 12.6. The van der Waals surface area contributed by atoms with E-state index in [1.165, 1.54) is 60.7 Å². The van der Waals surface area contributed by atoms with Gasteiger partial charge in [-0.15, -0.1) is 10.2 Å². The number of nitrogens with one attached hydrogen (secondary N) is 2. The molecule has 8 N–H and O–H groups in total. The van der Waals surface area contributed by atoms with Gasteiger partial charge in [0.1, 0.15) is 31.0 Å². The number of amides is 2. The quantitative estimate of drug-likeness (QED) is 0.0431. The van der Waals surface area contributed by atoms with Crippen LogP contribution in [-0.2, 0) is 40.5 Å². The predicted molar refractivity (Wildman–Crippen MR) is 239 cm³/mol. The molecule has 0 aliphatic rings. The molecule has 0 aromatic heterocycles. The molecule has 0 fully saturated rings. The second-order valence-corrected chi connectivity index (χ2v) is 19.8. The van der Waals surface area contributed by atoms with Crippen molar-refractivity contribution in [3.8, 4) is 11.5 Å². The number of carbonyl (C=O) groups is 1. The van der Waals surface area contributed by atoms with Gasteiger partial charge in [-0.1, -0.05) is 60.7 Å². The molecule has 26 heteroatoms. The van der Waals surface area contributed by atoms with Gasteiger partial charge < -0.3 is 20.8 Å². The molecule has 0 aliphatic heterocycles. The van der Waals surface area contributed by atoms with E-state index in [4.69, 9.17) is 0 Å². The largest absolute Gasteiger partial charge is 1.00 e. The molecule has 8 aromatic rings.